The van der Waals surface area contributed by atoms with Gasteiger partial charge in [-0.3, -0.25) is 0 Å². The highest BCUT2D eigenvalue weighted by atomic mass is 35.5. The number of aromatic nitrogens is 2. The maximum Gasteiger partial charge on any atom is 0.221 e. The molecule has 1 aliphatic rings. The zero-order valence-electron chi connectivity index (χ0n) is 9.49. The van der Waals surface area contributed by atoms with Gasteiger partial charge in [0, 0.05) is 18.6 Å². The molecule has 1 aromatic heterocycles. The normalized spacial score (nSPS) is 15.2. The van der Waals surface area contributed by atoms with Crippen LogP contribution in [0.1, 0.15) is 30.1 Å². The van der Waals surface area contributed by atoms with Gasteiger partial charge in [0.05, 0.1) is 6.61 Å². The first-order valence-corrected chi connectivity index (χ1v) is 5.76. The van der Waals surface area contributed by atoms with Crippen molar-refractivity contribution in [3.63, 3.8) is 0 Å². The lowest BCUT2D eigenvalue weighted by molar-refractivity contribution is 0.143. The minimum atomic E-state index is 0.475. The van der Waals surface area contributed by atoms with Crippen LogP contribution in [0.4, 0.5) is 0 Å². The third-order valence-corrected chi connectivity index (χ3v) is 2.90. The Bertz CT molecular complexity index is 380. The lowest BCUT2D eigenvalue weighted by Gasteiger charge is -2.09. The zero-order valence-corrected chi connectivity index (χ0v) is 10.3. The Morgan fingerprint density at radius 1 is 1.31 bits per heavy atom. The van der Waals surface area contributed by atoms with E-state index in [1.54, 1.807) is 7.11 Å². The summed E-state index contributed by atoms with van der Waals surface area (Å²) in [6.45, 7) is 2.88. The molecule has 0 bridgehead atoms. The number of rotatable bonds is 5. The summed E-state index contributed by atoms with van der Waals surface area (Å²) < 4.78 is 10.4. The SMILES string of the molecule is COCCOc1nc(C2CC2)nc(Cl)c1C. The van der Waals surface area contributed by atoms with E-state index >= 15 is 0 Å². The number of ether oxygens (including phenoxy) is 2. The van der Waals surface area contributed by atoms with Gasteiger partial charge in [-0.15, -0.1) is 0 Å². The molecule has 0 unspecified atom stereocenters. The van der Waals surface area contributed by atoms with E-state index in [0.29, 0.717) is 30.2 Å². The minimum Gasteiger partial charge on any atom is -0.475 e. The van der Waals surface area contributed by atoms with Crippen molar-refractivity contribution in [2.75, 3.05) is 20.3 Å². The van der Waals surface area contributed by atoms with Crippen LogP contribution in [0.2, 0.25) is 5.15 Å². The number of nitrogens with zero attached hydrogens (tertiary/aromatic N) is 2. The standard InChI is InChI=1S/C11H15ClN2O2/c1-7-9(12)13-10(8-3-4-8)14-11(7)16-6-5-15-2/h8H,3-6H2,1-2H3. The Morgan fingerprint density at radius 2 is 2.06 bits per heavy atom. The Labute approximate surface area is 99.9 Å². The number of hydrogen-bond donors (Lipinski definition) is 0. The average Bonchev–Trinajstić information content (AvgIpc) is 3.08. The highest BCUT2D eigenvalue weighted by Gasteiger charge is 2.28. The van der Waals surface area contributed by atoms with E-state index in [0.717, 1.165) is 24.2 Å². The second kappa shape index (κ2) is 4.97. The molecule has 88 valence electrons. The monoisotopic (exact) mass is 242 g/mol. The van der Waals surface area contributed by atoms with E-state index < -0.39 is 0 Å². The average molecular weight is 243 g/mol. The predicted octanol–water partition coefficient (Wildman–Crippen LogP) is 2.34. The predicted molar refractivity (Wildman–Crippen MR) is 61.1 cm³/mol. The van der Waals surface area contributed by atoms with Gasteiger partial charge >= 0.3 is 0 Å². The summed E-state index contributed by atoms with van der Waals surface area (Å²) in [6.07, 6.45) is 2.30. The molecule has 1 aliphatic carbocycles. The fourth-order valence-electron chi connectivity index (χ4n) is 1.37. The molecule has 0 aromatic carbocycles. The van der Waals surface area contributed by atoms with Crippen molar-refractivity contribution in [2.24, 2.45) is 0 Å². The molecule has 1 fully saturated rings. The molecular formula is C11H15ClN2O2. The van der Waals surface area contributed by atoms with E-state index in [4.69, 9.17) is 21.1 Å². The molecule has 16 heavy (non-hydrogen) atoms. The van der Waals surface area contributed by atoms with Gasteiger partial charge in [-0.05, 0) is 19.8 Å². The second-order valence-corrected chi connectivity index (χ2v) is 4.28. The molecule has 5 heteroatoms. The van der Waals surface area contributed by atoms with Gasteiger partial charge in [0.2, 0.25) is 5.88 Å². The fraction of sp³-hybridized carbons (Fsp3) is 0.636. The maximum absolute atomic E-state index is 6.04. The van der Waals surface area contributed by atoms with Crippen molar-refractivity contribution in [3.8, 4) is 5.88 Å². The minimum absolute atomic E-state index is 0.475. The Hall–Kier alpha value is -0.870. The Balaban J connectivity index is 2.14. The molecule has 0 N–H and O–H groups in total. The van der Waals surface area contributed by atoms with E-state index in [1.165, 1.54) is 0 Å². The summed E-state index contributed by atoms with van der Waals surface area (Å²) in [7, 11) is 1.64. The smallest absolute Gasteiger partial charge is 0.221 e. The van der Waals surface area contributed by atoms with Gasteiger partial charge in [0.1, 0.15) is 17.6 Å². The molecule has 0 radical (unpaired) electrons. The van der Waals surface area contributed by atoms with Gasteiger partial charge < -0.3 is 9.47 Å². The van der Waals surface area contributed by atoms with Gasteiger partial charge in [0.15, 0.2) is 0 Å². The molecule has 0 saturated heterocycles. The van der Waals surface area contributed by atoms with Crippen molar-refractivity contribution >= 4 is 11.6 Å². The molecule has 4 nitrogen and oxygen atoms in total. The summed E-state index contributed by atoms with van der Waals surface area (Å²) in [5.74, 6) is 1.87. The molecule has 1 aromatic rings. The number of halogens is 1. The van der Waals surface area contributed by atoms with Crippen LogP contribution in [0.25, 0.3) is 0 Å². The van der Waals surface area contributed by atoms with Crippen LogP contribution >= 0.6 is 11.6 Å². The first kappa shape index (κ1) is 11.6. The lowest BCUT2D eigenvalue weighted by Crippen LogP contribution is -2.08. The molecule has 0 atom stereocenters. The van der Waals surface area contributed by atoms with Crippen molar-refractivity contribution in [3.05, 3.63) is 16.5 Å². The number of methoxy groups -OCH3 is 1. The van der Waals surface area contributed by atoms with Crippen LogP contribution < -0.4 is 4.74 Å². The molecule has 2 rings (SSSR count). The van der Waals surface area contributed by atoms with Crippen LogP contribution in [-0.4, -0.2) is 30.3 Å². The summed E-state index contributed by atoms with van der Waals surface area (Å²) in [4.78, 5) is 8.66. The Kier molecular flexibility index (Phi) is 3.61. The zero-order chi connectivity index (χ0) is 11.5. The summed E-state index contributed by atoms with van der Waals surface area (Å²) in [6, 6.07) is 0. The largest absolute Gasteiger partial charge is 0.475 e. The number of hydrogen-bond acceptors (Lipinski definition) is 4. The Morgan fingerprint density at radius 3 is 2.69 bits per heavy atom. The van der Waals surface area contributed by atoms with Gasteiger partial charge in [-0.2, -0.15) is 4.98 Å². The quantitative estimate of drug-likeness (QED) is 0.587. The fourth-order valence-corrected chi connectivity index (χ4v) is 1.54. The molecular weight excluding hydrogens is 228 g/mol. The molecule has 0 amide bonds. The van der Waals surface area contributed by atoms with Gasteiger partial charge in [0.25, 0.3) is 0 Å². The maximum atomic E-state index is 6.04. The van der Waals surface area contributed by atoms with E-state index in [-0.39, 0.29) is 0 Å². The topological polar surface area (TPSA) is 44.2 Å². The molecule has 1 saturated carbocycles. The summed E-state index contributed by atoms with van der Waals surface area (Å²) >= 11 is 6.04. The second-order valence-electron chi connectivity index (χ2n) is 3.92. The summed E-state index contributed by atoms with van der Waals surface area (Å²) in [5, 5.41) is 0.490. The summed E-state index contributed by atoms with van der Waals surface area (Å²) in [5.41, 5.74) is 0.794. The van der Waals surface area contributed by atoms with Crippen LogP contribution in [-0.2, 0) is 4.74 Å². The highest BCUT2D eigenvalue weighted by Crippen LogP contribution is 2.39. The van der Waals surface area contributed by atoms with Crippen molar-refractivity contribution < 1.29 is 9.47 Å². The van der Waals surface area contributed by atoms with Crippen LogP contribution in [0.15, 0.2) is 0 Å². The van der Waals surface area contributed by atoms with Gasteiger partial charge in [-0.1, -0.05) is 11.6 Å². The van der Waals surface area contributed by atoms with Crippen LogP contribution in [0.3, 0.4) is 0 Å². The third-order valence-electron chi connectivity index (χ3n) is 2.53. The van der Waals surface area contributed by atoms with Crippen molar-refractivity contribution in [1.29, 1.82) is 0 Å². The van der Waals surface area contributed by atoms with Gasteiger partial charge in [-0.25, -0.2) is 4.98 Å². The van der Waals surface area contributed by atoms with Crippen LogP contribution in [0, 0.1) is 6.92 Å². The molecule has 0 aliphatic heterocycles. The van der Waals surface area contributed by atoms with Crippen molar-refractivity contribution in [2.45, 2.75) is 25.7 Å². The third kappa shape index (κ3) is 2.62. The molecule has 1 heterocycles. The lowest BCUT2D eigenvalue weighted by atomic mass is 10.3. The van der Waals surface area contributed by atoms with E-state index in [9.17, 15) is 0 Å². The molecule has 0 spiro atoms. The first-order chi connectivity index (χ1) is 7.72. The van der Waals surface area contributed by atoms with Crippen molar-refractivity contribution in [1.82, 2.24) is 9.97 Å². The first-order valence-electron chi connectivity index (χ1n) is 5.38. The van der Waals surface area contributed by atoms with Crippen LogP contribution in [0.5, 0.6) is 5.88 Å². The van der Waals surface area contributed by atoms with E-state index in [2.05, 4.69) is 9.97 Å². The van der Waals surface area contributed by atoms with E-state index in [1.807, 2.05) is 6.92 Å². The highest BCUT2D eigenvalue weighted by molar-refractivity contribution is 6.30.